The van der Waals surface area contributed by atoms with Gasteiger partial charge in [-0.1, -0.05) is 6.07 Å². The van der Waals surface area contributed by atoms with E-state index in [1.54, 1.807) is 18.4 Å². The SMILES string of the molecule is COc1ccc(OCc2nc(CSc3ccc(C)c(C)c3)cs2)cc1. The van der Waals surface area contributed by atoms with Crippen LogP contribution in [0.15, 0.2) is 52.7 Å². The van der Waals surface area contributed by atoms with E-state index in [0.717, 1.165) is 28.0 Å². The number of aryl methyl sites for hydroxylation is 2. The van der Waals surface area contributed by atoms with Crippen LogP contribution in [0.25, 0.3) is 0 Å². The van der Waals surface area contributed by atoms with Gasteiger partial charge in [-0.15, -0.1) is 23.1 Å². The minimum Gasteiger partial charge on any atom is -0.497 e. The Labute approximate surface area is 157 Å². The van der Waals surface area contributed by atoms with Crippen molar-refractivity contribution in [1.82, 2.24) is 4.98 Å². The number of thioether (sulfide) groups is 1. The smallest absolute Gasteiger partial charge is 0.140 e. The molecular formula is C20H21NO2S2. The Hall–Kier alpha value is -1.98. The van der Waals surface area contributed by atoms with Gasteiger partial charge in [0.15, 0.2) is 0 Å². The molecule has 0 saturated heterocycles. The topological polar surface area (TPSA) is 31.4 Å². The zero-order valence-corrected chi connectivity index (χ0v) is 16.2. The van der Waals surface area contributed by atoms with Crippen molar-refractivity contribution in [3.8, 4) is 11.5 Å². The highest BCUT2D eigenvalue weighted by Gasteiger charge is 2.05. The lowest BCUT2D eigenvalue weighted by molar-refractivity contribution is 0.304. The van der Waals surface area contributed by atoms with E-state index < -0.39 is 0 Å². The molecule has 0 aliphatic heterocycles. The summed E-state index contributed by atoms with van der Waals surface area (Å²) in [5.74, 6) is 2.52. The number of thiazole rings is 1. The van der Waals surface area contributed by atoms with Gasteiger partial charge in [0.25, 0.3) is 0 Å². The second-order valence-electron chi connectivity index (χ2n) is 5.73. The van der Waals surface area contributed by atoms with Gasteiger partial charge in [-0.25, -0.2) is 4.98 Å². The molecular weight excluding hydrogens is 350 g/mol. The largest absolute Gasteiger partial charge is 0.497 e. The van der Waals surface area contributed by atoms with Gasteiger partial charge < -0.3 is 9.47 Å². The number of hydrogen-bond acceptors (Lipinski definition) is 5. The average Bonchev–Trinajstić information content (AvgIpc) is 3.09. The standard InChI is InChI=1S/C20H21NO2S2/c1-14-4-9-19(10-15(14)2)24-12-16-13-25-20(21-16)11-23-18-7-5-17(22-3)6-8-18/h4-10,13H,11-12H2,1-3H3. The summed E-state index contributed by atoms with van der Waals surface area (Å²) in [6, 6.07) is 14.2. The summed E-state index contributed by atoms with van der Waals surface area (Å²) < 4.78 is 10.9. The first-order chi connectivity index (χ1) is 12.1. The van der Waals surface area contributed by atoms with Crippen LogP contribution in [0.4, 0.5) is 0 Å². The summed E-state index contributed by atoms with van der Waals surface area (Å²) in [6.45, 7) is 4.78. The van der Waals surface area contributed by atoms with Crippen molar-refractivity contribution < 1.29 is 9.47 Å². The molecule has 0 aliphatic rings. The number of rotatable bonds is 7. The minimum atomic E-state index is 0.491. The van der Waals surface area contributed by atoms with Crippen molar-refractivity contribution in [1.29, 1.82) is 0 Å². The first-order valence-corrected chi connectivity index (χ1v) is 9.91. The average molecular weight is 372 g/mol. The molecule has 0 atom stereocenters. The van der Waals surface area contributed by atoms with Crippen LogP contribution in [0.3, 0.4) is 0 Å². The Balaban J connectivity index is 1.52. The lowest BCUT2D eigenvalue weighted by atomic mass is 10.1. The van der Waals surface area contributed by atoms with E-state index in [1.807, 2.05) is 36.0 Å². The number of hydrogen-bond donors (Lipinski definition) is 0. The first kappa shape index (κ1) is 17.8. The number of benzene rings is 2. The van der Waals surface area contributed by atoms with Gasteiger partial charge in [-0.3, -0.25) is 0 Å². The third kappa shape index (κ3) is 5.00. The van der Waals surface area contributed by atoms with Crippen LogP contribution in [0.2, 0.25) is 0 Å². The number of methoxy groups -OCH3 is 1. The van der Waals surface area contributed by atoms with Gasteiger partial charge in [0.1, 0.15) is 23.1 Å². The first-order valence-electron chi connectivity index (χ1n) is 8.04. The van der Waals surface area contributed by atoms with Crippen LogP contribution >= 0.6 is 23.1 Å². The highest BCUT2D eigenvalue weighted by molar-refractivity contribution is 7.98. The van der Waals surface area contributed by atoms with Crippen LogP contribution in [-0.2, 0) is 12.4 Å². The van der Waals surface area contributed by atoms with E-state index in [-0.39, 0.29) is 0 Å². The molecule has 5 heteroatoms. The van der Waals surface area contributed by atoms with Gasteiger partial charge in [0, 0.05) is 16.0 Å². The maximum Gasteiger partial charge on any atom is 0.140 e. The highest BCUT2D eigenvalue weighted by atomic mass is 32.2. The molecule has 2 aromatic carbocycles. The lowest BCUT2D eigenvalue weighted by Crippen LogP contribution is -1.95. The van der Waals surface area contributed by atoms with E-state index in [4.69, 9.17) is 9.47 Å². The van der Waals surface area contributed by atoms with Crippen LogP contribution in [0.1, 0.15) is 21.8 Å². The Kier molecular flexibility index (Phi) is 6.00. The van der Waals surface area contributed by atoms with Crippen molar-refractivity contribution in [3.63, 3.8) is 0 Å². The van der Waals surface area contributed by atoms with E-state index in [2.05, 4.69) is 42.4 Å². The summed E-state index contributed by atoms with van der Waals surface area (Å²) in [5.41, 5.74) is 3.76. The molecule has 0 bridgehead atoms. The zero-order valence-electron chi connectivity index (χ0n) is 14.6. The molecule has 130 valence electrons. The van der Waals surface area contributed by atoms with Crippen molar-refractivity contribution in [3.05, 3.63) is 69.7 Å². The summed E-state index contributed by atoms with van der Waals surface area (Å²) >= 11 is 3.46. The normalized spacial score (nSPS) is 10.7. The minimum absolute atomic E-state index is 0.491. The molecule has 0 amide bonds. The predicted octanol–water partition coefficient (Wildman–Crippen LogP) is 5.64. The Morgan fingerprint density at radius 2 is 1.76 bits per heavy atom. The molecule has 0 fully saturated rings. The Bertz CT molecular complexity index is 828. The summed E-state index contributed by atoms with van der Waals surface area (Å²) in [4.78, 5) is 5.95. The molecule has 3 aromatic rings. The maximum atomic E-state index is 5.78. The van der Waals surface area contributed by atoms with Gasteiger partial charge in [0.05, 0.1) is 12.8 Å². The van der Waals surface area contributed by atoms with Crippen molar-refractivity contribution in [2.24, 2.45) is 0 Å². The molecule has 3 rings (SSSR count). The van der Waals surface area contributed by atoms with E-state index in [0.29, 0.717) is 6.61 Å². The van der Waals surface area contributed by atoms with Gasteiger partial charge in [-0.2, -0.15) is 0 Å². The second kappa shape index (κ2) is 8.41. The molecule has 3 nitrogen and oxygen atoms in total. The fraction of sp³-hybridized carbons (Fsp3) is 0.250. The molecule has 0 N–H and O–H groups in total. The van der Waals surface area contributed by atoms with E-state index in [1.165, 1.54) is 16.0 Å². The quantitative estimate of drug-likeness (QED) is 0.503. The summed E-state index contributed by atoms with van der Waals surface area (Å²) in [5, 5.41) is 3.10. The molecule has 25 heavy (non-hydrogen) atoms. The molecule has 0 saturated carbocycles. The molecule has 0 spiro atoms. The Morgan fingerprint density at radius 3 is 2.48 bits per heavy atom. The lowest BCUT2D eigenvalue weighted by Gasteiger charge is -2.05. The van der Waals surface area contributed by atoms with E-state index >= 15 is 0 Å². The fourth-order valence-electron chi connectivity index (χ4n) is 2.26. The Morgan fingerprint density at radius 1 is 1.00 bits per heavy atom. The second-order valence-corrected chi connectivity index (χ2v) is 7.72. The monoisotopic (exact) mass is 371 g/mol. The third-order valence-electron chi connectivity index (χ3n) is 3.89. The van der Waals surface area contributed by atoms with Crippen LogP contribution in [-0.4, -0.2) is 12.1 Å². The van der Waals surface area contributed by atoms with Gasteiger partial charge >= 0.3 is 0 Å². The maximum absolute atomic E-state index is 5.78. The third-order valence-corrected chi connectivity index (χ3v) is 5.78. The zero-order chi connectivity index (χ0) is 17.6. The molecule has 0 aliphatic carbocycles. The number of aromatic nitrogens is 1. The van der Waals surface area contributed by atoms with Gasteiger partial charge in [0.2, 0.25) is 0 Å². The van der Waals surface area contributed by atoms with Crippen molar-refractivity contribution in [2.45, 2.75) is 31.1 Å². The van der Waals surface area contributed by atoms with Crippen molar-refractivity contribution >= 4 is 23.1 Å². The van der Waals surface area contributed by atoms with E-state index in [9.17, 15) is 0 Å². The summed E-state index contributed by atoms with van der Waals surface area (Å²) in [6.07, 6.45) is 0. The fourth-order valence-corrected chi connectivity index (χ4v) is 3.96. The van der Waals surface area contributed by atoms with Crippen LogP contribution in [0.5, 0.6) is 11.5 Å². The van der Waals surface area contributed by atoms with Crippen molar-refractivity contribution in [2.75, 3.05) is 7.11 Å². The molecule has 1 aromatic heterocycles. The molecule has 0 radical (unpaired) electrons. The van der Waals surface area contributed by atoms with Crippen LogP contribution < -0.4 is 9.47 Å². The number of ether oxygens (including phenoxy) is 2. The predicted molar refractivity (Wildman–Crippen MR) is 105 cm³/mol. The van der Waals surface area contributed by atoms with Crippen LogP contribution in [0, 0.1) is 13.8 Å². The number of nitrogens with zero attached hydrogens (tertiary/aromatic N) is 1. The summed E-state index contributed by atoms with van der Waals surface area (Å²) in [7, 11) is 1.66. The van der Waals surface area contributed by atoms with Gasteiger partial charge in [-0.05, 0) is 61.4 Å². The molecule has 0 unspecified atom stereocenters. The highest BCUT2D eigenvalue weighted by Crippen LogP contribution is 2.26. The molecule has 1 heterocycles.